The first-order chi connectivity index (χ1) is 6.47. The van der Waals surface area contributed by atoms with Gasteiger partial charge in [0.2, 0.25) is 0 Å². The third-order valence-electron chi connectivity index (χ3n) is 2.44. The van der Waals surface area contributed by atoms with Gasteiger partial charge in [-0.2, -0.15) is 0 Å². The molecule has 6 heteroatoms. The van der Waals surface area contributed by atoms with Crippen molar-refractivity contribution in [2.24, 2.45) is 0 Å². The van der Waals surface area contributed by atoms with E-state index in [0.717, 1.165) is 0 Å². The van der Waals surface area contributed by atoms with Crippen LogP contribution in [0.3, 0.4) is 0 Å². The molecular weight excluding hydrogens is 206 g/mol. The van der Waals surface area contributed by atoms with Crippen LogP contribution < -0.4 is 0 Å². The zero-order valence-corrected chi connectivity index (χ0v) is 8.74. The van der Waals surface area contributed by atoms with Crippen LogP contribution in [-0.2, 0) is 19.4 Å². The van der Waals surface area contributed by atoms with E-state index in [1.165, 1.54) is 12.0 Å². The first kappa shape index (κ1) is 9.67. The number of sulfone groups is 1. The molecule has 0 aromatic heterocycles. The number of carbonyl (C=O) groups excluding carboxylic acids is 1. The molecule has 2 heterocycles. The van der Waals surface area contributed by atoms with Crippen molar-refractivity contribution in [3.63, 3.8) is 0 Å². The molecule has 0 aliphatic carbocycles. The minimum atomic E-state index is -3.26. The zero-order valence-electron chi connectivity index (χ0n) is 7.93. The van der Waals surface area contributed by atoms with E-state index < -0.39 is 21.3 Å². The van der Waals surface area contributed by atoms with Crippen LogP contribution in [0.2, 0.25) is 0 Å². The minimum absolute atomic E-state index is 0.0152. The maximum atomic E-state index is 11.7. The van der Waals surface area contributed by atoms with E-state index in [2.05, 4.69) is 0 Å². The number of amides is 1. The lowest BCUT2D eigenvalue weighted by atomic mass is 10.1. The molecule has 5 nitrogen and oxygen atoms in total. The van der Waals surface area contributed by atoms with E-state index >= 15 is 0 Å². The molecular formula is C8H11NO4S. The number of nitrogens with zero attached hydrogens (tertiary/aromatic N) is 1. The van der Waals surface area contributed by atoms with Crippen molar-refractivity contribution >= 4 is 15.7 Å². The molecule has 0 aromatic carbocycles. The van der Waals surface area contributed by atoms with Gasteiger partial charge in [0.05, 0.1) is 5.75 Å². The van der Waals surface area contributed by atoms with Crippen LogP contribution in [0.15, 0.2) is 11.8 Å². The molecule has 1 unspecified atom stereocenters. The molecule has 0 spiro atoms. The molecule has 0 aromatic rings. The maximum absolute atomic E-state index is 11.7. The third kappa shape index (κ3) is 1.10. The molecule has 2 atom stereocenters. The second-order valence-corrected chi connectivity index (χ2v) is 5.67. The molecule has 1 amide bonds. The van der Waals surface area contributed by atoms with E-state index in [4.69, 9.17) is 4.74 Å². The molecule has 78 valence electrons. The van der Waals surface area contributed by atoms with Gasteiger partial charge in [0.15, 0.2) is 21.3 Å². The SMILES string of the molecule is COC1C(=O)N2C=C(C)CS(=O)(=O)[C@@H]12. The topological polar surface area (TPSA) is 63.7 Å². The van der Waals surface area contributed by atoms with Crippen LogP contribution >= 0.6 is 0 Å². The summed E-state index contributed by atoms with van der Waals surface area (Å²) in [5.41, 5.74) is 0.684. The molecule has 1 saturated heterocycles. The van der Waals surface area contributed by atoms with Gasteiger partial charge in [-0.1, -0.05) is 0 Å². The van der Waals surface area contributed by atoms with Crippen molar-refractivity contribution in [3.8, 4) is 0 Å². The highest BCUT2D eigenvalue weighted by Crippen LogP contribution is 2.32. The summed E-state index contributed by atoms with van der Waals surface area (Å²) in [5, 5.41) is -0.802. The zero-order chi connectivity index (χ0) is 10.5. The monoisotopic (exact) mass is 217 g/mol. The lowest BCUT2D eigenvalue weighted by molar-refractivity contribution is -0.157. The molecule has 0 bridgehead atoms. The summed E-state index contributed by atoms with van der Waals surface area (Å²) in [6, 6.07) is 0. The Kier molecular flexibility index (Phi) is 1.94. The first-order valence-electron chi connectivity index (χ1n) is 4.21. The lowest BCUT2D eigenvalue weighted by Gasteiger charge is -2.45. The average molecular weight is 217 g/mol. The number of rotatable bonds is 1. The van der Waals surface area contributed by atoms with Gasteiger partial charge in [-0.05, 0) is 12.5 Å². The van der Waals surface area contributed by atoms with Gasteiger partial charge >= 0.3 is 0 Å². The fraction of sp³-hybridized carbons (Fsp3) is 0.625. The van der Waals surface area contributed by atoms with E-state index in [-0.39, 0.29) is 11.7 Å². The highest BCUT2D eigenvalue weighted by Gasteiger charge is 2.55. The number of carbonyl (C=O) groups is 1. The van der Waals surface area contributed by atoms with Gasteiger partial charge in [-0.15, -0.1) is 0 Å². The Labute approximate surface area is 82.3 Å². The van der Waals surface area contributed by atoms with Crippen LogP contribution in [0, 0.1) is 0 Å². The summed E-state index contributed by atoms with van der Waals surface area (Å²) < 4.78 is 28.1. The number of β-lactam (4-membered cyclic amide) rings is 1. The molecule has 2 aliphatic heterocycles. The molecule has 0 N–H and O–H groups in total. The van der Waals surface area contributed by atoms with Crippen LogP contribution in [0.25, 0.3) is 0 Å². The fourth-order valence-corrected chi connectivity index (χ4v) is 3.85. The van der Waals surface area contributed by atoms with Crippen molar-refractivity contribution in [2.75, 3.05) is 12.9 Å². The average Bonchev–Trinajstić information content (AvgIpc) is 2.07. The van der Waals surface area contributed by atoms with Crippen molar-refractivity contribution in [1.29, 1.82) is 0 Å². The number of methoxy groups -OCH3 is 1. The second kappa shape index (κ2) is 2.80. The highest BCUT2D eigenvalue weighted by molar-refractivity contribution is 7.92. The molecule has 2 rings (SSSR count). The summed E-state index contributed by atoms with van der Waals surface area (Å²) >= 11 is 0. The standard InChI is InChI=1S/C8H11NO4S/c1-5-3-9-7(10)6(13-2)8(9)14(11,12)4-5/h3,6,8H,4H2,1-2H3/t6?,8-/m0/s1. The van der Waals surface area contributed by atoms with E-state index in [1.807, 2.05) is 0 Å². The molecule has 2 aliphatic rings. The van der Waals surface area contributed by atoms with Crippen LogP contribution in [0.5, 0.6) is 0 Å². The molecule has 0 radical (unpaired) electrons. The number of fused-ring (bicyclic) bond motifs is 1. The second-order valence-electron chi connectivity index (χ2n) is 3.58. The van der Waals surface area contributed by atoms with Gasteiger partial charge in [0.25, 0.3) is 5.91 Å². The number of hydrogen-bond acceptors (Lipinski definition) is 4. The summed E-state index contributed by atoms with van der Waals surface area (Å²) in [7, 11) is -1.91. The Bertz CT molecular complexity index is 411. The fourth-order valence-electron chi connectivity index (χ4n) is 1.85. The predicted molar refractivity (Wildman–Crippen MR) is 49.0 cm³/mol. The van der Waals surface area contributed by atoms with Crippen molar-refractivity contribution in [3.05, 3.63) is 11.8 Å². The minimum Gasteiger partial charge on any atom is -0.368 e. The van der Waals surface area contributed by atoms with Gasteiger partial charge in [0.1, 0.15) is 0 Å². The van der Waals surface area contributed by atoms with E-state index in [9.17, 15) is 13.2 Å². The highest BCUT2D eigenvalue weighted by atomic mass is 32.2. The lowest BCUT2D eigenvalue weighted by Crippen LogP contribution is -2.67. The quantitative estimate of drug-likeness (QED) is 0.555. The smallest absolute Gasteiger partial charge is 0.260 e. The van der Waals surface area contributed by atoms with Crippen molar-refractivity contribution in [1.82, 2.24) is 4.90 Å². The van der Waals surface area contributed by atoms with Gasteiger partial charge < -0.3 is 4.74 Å². The molecule has 1 fully saturated rings. The van der Waals surface area contributed by atoms with Gasteiger partial charge in [0, 0.05) is 13.3 Å². The summed E-state index contributed by atoms with van der Waals surface area (Å²) in [5.74, 6) is -0.262. The summed E-state index contributed by atoms with van der Waals surface area (Å²) in [4.78, 5) is 12.6. The summed E-state index contributed by atoms with van der Waals surface area (Å²) in [6.45, 7) is 1.70. The molecule has 14 heavy (non-hydrogen) atoms. The van der Waals surface area contributed by atoms with Crippen molar-refractivity contribution in [2.45, 2.75) is 18.4 Å². The third-order valence-corrected chi connectivity index (χ3v) is 4.51. The summed E-state index contributed by atoms with van der Waals surface area (Å²) in [6.07, 6.45) is 0.771. The van der Waals surface area contributed by atoms with Crippen LogP contribution in [-0.4, -0.2) is 43.6 Å². The predicted octanol–water partition coefficient (Wildman–Crippen LogP) is -0.498. The van der Waals surface area contributed by atoms with Gasteiger partial charge in [-0.3, -0.25) is 9.69 Å². The number of hydrogen-bond donors (Lipinski definition) is 0. The number of ether oxygens (including phenoxy) is 1. The largest absolute Gasteiger partial charge is 0.368 e. The Balaban J connectivity index is 2.41. The van der Waals surface area contributed by atoms with E-state index in [0.29, 0.717) is 5.57 Å². The van der Waals surface area contributed by atoms with Crippen LogP contribution in [0.1, 0.15) is 6.92 Å². The van der Waals surface area contributed by atoms with Crippen molar-refractivity contribution < 1.29 is 17.9 Å². The Hall–Kier alpha value is -0.880. The Morgan fingerprint density at radius 2 is 2.21 bits per heavy atom. The van der Waals surface area contributed by atoms with Gasteiger partial charge in [-0.25, -0.2) is 8.42 Å². The maximum Gasteiger partial charge on any atom is 0.260 e. The molecule has 0 saturated carbocycles. The normalized spacial score (nSPS) is 34.6. The van der Waals surface area contributed by atoms with E-state index in [1.54, 1.807) is 13.1 Å². The van der Waals surface area contributed by atoms with Crippen LogP contribution in [0.4, 0.5) is 0 Å². The first-order valence-corrected chi connectivity index (χ1v) is 5.93. The Morgan fingerprint density at radius 3 is 2.79 bits per heavy atom. The Morgan fingerprint density at radius 1 is 1.57 bits per heavy atom.